The van der Waals surface area contributed by atoms with Gasteiger partial charge in [-0.05, 0) is 48.6 Å². The van der Waals surface area contributed by atoms with E-state index in [9.17, 15) is 14.4 Å². The monoisotopic (exact) mass is 423 g/mol. The second-order valence-corrected chi connectivity index (χ2v) is 7.69. The maximum absolute atomic E-state index is 13.0. The number of fused-ring (bicyclic) bond motifs is 5. The molecule has 0 aromatic heterocycles. The quantitative estimate of drug-likeness (QED) is 0.424. The summed E-state index contributed by atoms with van der Waals surface area (Å²) in [5, 5.41) is 0. The number of benzene rings is 2. The van der Waals surface area contributed by atoms with Crippen LogP contribution >= 0.6 is 0 Å². The van der Waals surface area contributed by atoms with Gasteiger partial charge in [0.05, 0.1) is 32.6 Å². The van der Waals surface area contributed by atoms with Crippen molar-refractivity contribution < 1.29 is 28.6 Å². The molecule has 0 fully saturated rings. The van der Waals surface area contributed by atoms with Gasteiger partial charge in [0.15, 0.2) is 5.41 Å². The average Bonchev–Trinajstić information content (AvgIpc) is 3.19. The molecule has 7 nitrogen and oxygen atoms in total. The largest absolute Gasteiger partial charge is 0.465 e. The van der Waals surface area contributed by atoms with Crippen LogP contribution in [0.25, 0.3) is 11.1 Å². The van der Waals surface area contributed by atoms with Crippen LogP contribution in [0.5, 0.6) is 0 Å². The number of carbonyl (C=O) groups is 3. The van der Waals surface area contributed by atoms with Crippen molar-refractivity contribution in [1.82, 2.24) is 0 Å². The summed E-state index contributed by atoms with van der Waals surface area (Å²) >= 11 is 0. The third-order valence-electron chi connectivity index (χ3n) is 5.99. The topological polar surface area (TPSA) is 82.1 Å². The van der Waals surface area contributed by atoms with E-state index in [1.807, 2.05) is 36.4 Å². The maximum atomic E-state index is 13.0. The summed E-state index contributed by atoms with van der Waals surface area (Å²) < 4.78 is 15.6. The van der Waals surface area contributed by atoms with Gasteiger partial charge in [-0.15, -0.1) is 0 Å². The highest BCUT2D eigenvalue weighted by Gasteiger charge is 2.54. The standard InChI is InChI=1S/C24H25NO6/c1-4-30-21(26)24(22(27)31-5-2)12-15-10-11-16-14-25(23(28)29-3)19-9-7-6-8-17(19)20(16)18(15)13-24/h6-11H,4-5,12-14H2,1-3H3. The summed E-state index contributed by atoms with van der Waals surface area (Å²) in [6, 6.07) is 11.5. The number of nitrogens with zero attached hydrogens (tertiary/aromatic N) is 1. The normalized spacial score (nSPS) is 15.4. The van der Waals surface area contributed by atoms with Gasteiger partial charge in [0.2, 0.25) is 0 Å². The van der Waals surface area contributed by atoms with E-state index in [0.717, 1.165) is 33.5 Å². The molecule has 1 heterocycles. The van der Waals surface area contributed by atoms with Gasteiger partial charge in [0.25, 0.3) is 0 Å². The second-order valence-electron chi connectivity index (χ2n) is 7.69. The van der Waals surface area contributed by atoms with Gasteiger partial charge in [-0.2, -0.15) is 0 Å². The number of methoxy groups -OCH3 is 1. The van der Waals surface area contributed by atoms with Crippen LogP contribution in [-0.2, 0) is 43.2 Å². The highest BCUT2D eigenvalue weighted by molar-refractivity contribution is 6.03. The number of hydrogen-bond acceptors (Lipinski definition) is 6. The molecule has 1 aliphatic heterocycles. The van der Waals surface area contributed by atoms with E-state index in [4.69, 9.17) is 14.2 Å². The molecule has 0 radical (unpaired) electrons. The van der Waals surface area contributed by atoms with Crippen molar-refractivity contribution in [3.8, 4) is 11.1 Å². The summed E-state index contributed by atoms with van der Waals surface area (Å²) in [6.45, 7) is 4.16. The van der Waals surface area contributed by atoms with E-state index in [2.05, 4.69) is 0 Å². The lowest BCUT2D eigenvalue weighted by Crippen LogP contribution is -2.43. The third-order valence-corrected chi connectivity index (χ3v) is 5.99. The molecule has 2 aromatic carbocycles. The van der Waals surface area contributed by atoms with E-state index < -0.39 is 23.4 Å². The van der Waals surface area contributed by atoms with Crippen LogP contribution in [0.15, 0.2) is 36.4 Å². The molecule has 0 spiro atoms. The van der Waals surface area contributed by atoms with E-state index in [1.165, 1.54) is 7.11 Å². The van der Waals surface area contributed by atoms with Crippen molar-refractivity contribution in [2.75, 3.05) is 25.2 Å². The average molecular weight is 423 g/mol. The lowest BCUT2D eigenvalue weighted by atomic mass is 9.83. The highest BCUT2D eigenvalue weighted by Crippen LogP contribution is 2.48. The van der Waals surface area contributed by atoms with E-state index >= 15 is 0 Å². The molecule has 2 aromatic rings. The number of anilines is 1. The van der Waals surface area contributed by atoms with Crippen LogP contribution in [0.4, 0.5) is 10.5 Å². The molecule has 1 amide bonds. The Kier molecular flexibility index (Phi) is 5.43. The molecule has 0 atom stereocenters. The lowest BCUT2D eigenvalue weighted by Gasteiger charge is -2.31. The molecule has 0 unspecified atom stereocenters. The fraction of sp³-hybridized carbons (Fsp3) is 0.375. The molecule has 0 N–H and O–H groups in total. The predicted molar refractivity (Wildman–Crippen MR) is 114 cm³/mol. The second kappa shape index (κ2) is 8.06. The third kappa shape index (κ3) is 3.24. The fourth-order valence-electron chi connectivity index (χ4n) is 4.62. The fourth-order valence-corrected chi connectivity index (χ4v) is 4.62. The number of ether oxygens (including phenoxy) is 3. The van der Waals surface area contributed by atoms with E-state index in [-0.39, 0.29) is 26.1 Å². The Labute approximate surface area is 180 Å². The van der Waals surface area contributed by atoms with Crippen LogP contribution in [0.1, 0.15) is 30.5 Å². The number of esters is 2. The first-order valence-corrected chi connectivity index (χ1v) is 10.4. The van der Waals surface area contributed by atoms with Crippen molar-refractivity contribution in [1.29, 1.82) is 0 Å². The summed E-state index contributed by atoms with van der Waals surface area (Å²) in [4.78, 5) is 39.9. The number of amides is 1. The van der Waals surface area contributed by atoms with Crippen molar-refractivity contribution in [2.45, 2.75) is 33.2 Å². The SMILES string of the molecule is CCOC(=O)C1(C(=O)OCC)Cc2ccc3c(c2C1)-c1ccccc1N(C(=O)OC)C3. The first-order chi connectivity index (χ1) is 15.0. The van der Waals surface area contributed by atoms with Crippen LogP contribution in [0, 0.1) is 5.41 Å². The first kappa shape index (κ1) is 20.9. The molecular weight excluding hydrogens is 398 g/mol. The van der Waals surface area contributed by atoms with Gasteiger partial charge in [0.1, 0.15) is 0 Å². The number of hydrogen-bond donors (Lipinski definition) is 0. The summed E-state index contributed by atoms with van der Waals surface area (Å²) in [7, 11) is 1.36. The highest BCUT2D eigenvalue weighted by atomic mass is 16.6. The molecule has 0 saturated heterocycles. The Morgan fingerprint density at radius 2 is 1.58 bits per heavy atom. The van der Waals surface area contributed by atoms with Gasteiger partial charge in [-0.3, -0.25) is 14.5 Å². The molecule has 1 aliphatic carbocycles. The Balaban J connectivity index is 1.84. The van der Waals surface area contributed by atoms with Crippen molar-refractivity contribution >= 4 is 23.7 Å². The van der Waals surface area contributed by atoms with Crippen molar-refractivity contribution in [3.05, 3.63) is 53.1 Å². The zero-order chi connectivity index (χ0) is 22.2. The van der Waals surface area contributed by atoms with E-state index in [0.29, 0.717) is 6.54 Å². The number of carbonyl (C=O) groups excluding carboxylic acids is 3. The minimum absolute atomic E-state index is 0.186. The van der Waals surface area contributed by atoms with Crippen LogP contribution in [0.3, 0.4) is 0 Å². The van der Waals surface area contributed by atoms with E-state index in [1.54, 1.807) is 18.7 Å². The summed E-state index contributed by atoms with van der Waals surface area (Å²) in [5.74, 6) is -1.11. The molecule has 2 aliphatic rings. The molecule has 7 heteroatoms. The zero-order valence-corrected chi connectivity index (χ0v) is 17.9. The number of para-hydroxylation sites is 1. The van der Waals surface area contributed by atoms with Crippen LogP contribution in [0.2, 0.25) is 0 Å². The molecule has 0 bridgehead atoms. The Morgan fingerprint density at radius 3 is 2.23 bits per heavy atom. The molecule has 4 rings (SSSR count). The molecule has 162 valence electrons. The van der Waals surface area contributed by atoms with Gasteiger partial charge >= 0.3 is 18.0 Å². The van der Waals surface area contributed by atoms with Gasteiger partial charge < -0.3 is 14.2 Å². The minimum atomic E-state index is -1.39. The molecule has 31 heavy (non-hydrogen) atoms. The Hall–Kier alpha value is -3.35. The van der Waals surface area contributed by atoms with Gasteiger partial charge in [-0.1, -0.05) is 30.3 Å². The van der Waals surface area contributed by atoms with Crippen molar-refractivity contribution in [2.24, 2.45) is 5.41 Å². The first-order valence-electron chi connectivity index (χ1n) is 10.4. The predicted octanol–water partition coefficient (Wildman–Crippen LogP) is 3.65. The van der Waals surface area contributed by atoms with Crippen LogP contribution in [-0.4, -0.2) is 38.4 Å². The maximum Gasteiger partial charge on any atom is 0.414 e. The molecular formula is C24H25NO6. The summed E-state index contributed by atoms with van der Waals surface area (Å²) in [5.41, 5.74) is 3.96. The summed E-state index contributed by atoms with van der Waals surface area (Å²) in [6.07, 6.45) is -0.00249. The van der Waals surface area contributed by atoms with Crippen LogP contribution < -0.4 is 4.90 Å². The lowest BCUT2D eigenvalue weighted by molar-refractivity contribution is -0.171. The minimum Gasteiger partial charge on any atom is -0.465 e. The van der Waals surface area contributed by atoms with Gasteiger partial charge in [0, 0.05) is 12.0 Å². The Bertz CT molecular complexity index is 1040. The van der Waals surface area contributed by atoms with Gasteiger partial charge in [-0.25, -0.2) is 4.79 Å². The van der Waals surface area contributed by atoms with Crippen molar-refractivity contribution in [3.63, 3.8) is 0 Å². The number of rotatable bonds is 4. The Morgan fingerprint density at radius 1 is 0.935 bits per heavy atom. The zero-order valence-electron chi connectivity index (χ0n) is 17.9. The smallest absolute Gasteiger partial charge is 0.414 e. The molecule has 0 saturated carbocycles.